The van der Waals surface area contributed by atoms with Crippen LogP contribution in [0.3, 0.4) is 0 Å². The molecule has 34 heavy (non-hydrogen) atoms. The Kier molecular flexibility index (Phi) is 9.86. The van der Waals surface area contributed by atoms with Crippen LogP contribution >= 0.6 is 11.6 Å². The van der Waals surface area contributed by atoms with Crippen molar-refractivity contribution < 1.29 is 33.3 Å². The first-order valence-electron chi connectivity index (χ1n) is 10.9. The molecular formula is C25H30ClNO7. The van der Waals surface area contributed by atoms with Crippen molar-refractivity contribution in [2.24, 2.45) is 11.8 Å². The number of Topliss-reactive ketones (excluding diaryl/α,β-unsaturated/α-hetero) is 1. The number of carbonyl (C=O) groups is 3. The molecule has 0 spiro atoms. The lowest BCUT2D eigenvalue weighted by molar-refractivity contribution is -0.158. The Balaban J connectivity index is 2.08. The second-order valence-electron chi connectivity index (χ2n) is 8.24. The summed E-state index contributed by atoms with van der Waals surface area (Å²) >= 11 is 5.93. The number of nitrogens with zero attached hydrogens (tertiary/aromatic N) is 1. The van der Waals surface area contributed by atoms with E-state index in [1.165, 1.54) is 26.3 Å². The zero-order valence-electron chi connectivity index (χ0n) is 20.2. The summed E-state index contributed by atoms with van der Waals surface area (Å²) in [6.45, 7) is 8.46. The first-order valence-corrected chi connectivity index (χ1v) is 11.3. The SMILES string of the molecule is COc1ccnc(C(=O)C[C@@H](C)C(=O)O[C@@H](C)[C@H](Oc2ccc(Cl)cc2)C(C)C)c1OC(C)=O. The molecule has 0 bridgehead atoms. The zero-order chi connectivity index (χ0) is 25.4. The lowest BCUT2D eigenvalue weighted by atomic mass is 10.0. The van der Waals surface area contributed by atoms with Gasteiger partial charge in [0.1, 0.15) is 18.0 Å². The van der Waals surface area contributed by atoms with E-state index in [1.807, 2.05) is 13.8 Å². The normalized spacial score (nSPS) is 13.5. The van der Waals surface area contributed by atoms with Gasteiger partial charge in [-0.25, -0.2) is 4.98 Å². The van der Waals surface area contributed by atoms with Gasteiger partial charge in [0.15, 0.2) is 17.2 Å². The van der Waals surface area contributed by atoms with Crippen molar-refractivity contribution in [2.75, 3.05) is 7.11 Å². The van der Waals surface area contributed by atoms with Gasteiger partial charge in [0.05, 0.1) is 13.0 Å². The number of methoxy groups -OCH3 is 1. The summed E-state index contributed by atoms with van der Waals surface area (Å²) < 4.78 is 22.0. The van der Waals surface area contributed by atoms with Crippen molar-refractivity contribution in [2.45, 2.75) is 53.2 Å². The summed E-state index contributed by atoms with van der Waals surface area (Å²) in [5.41, 5.74) is -0.0895. The molecule has 1 aromatic heterocycles. The summed E-state index contributed by atoms with van der Waals surface area (Å²) in [7, 11) is 1.38. The van der Waals surface area contributed by atoms with Gasteiger partial charge in [0.25, 0.3) is 0 Å². The second-order valence-corrected chi connectivity index (χ2v) is 8.67. The highest BCUT2D eigenvalue weighted by Crippen LogP contribution is 2.31. The highest BCUT2D eigenvalue weighted by molar-refractivity contribution is 6.30. The van der Waals surface area contributed by atoms with Crippen LogP contribution < -0.4 is 14.2 Å². The topological polar surface area (TPSA) is 101 Å². The smallest absolute Gasteiger partial charge is 0.309 e. The number of pyridine rings is 1. The minimum Gasteiger partial charge on any atom is -0.493 e. The van der Waals surface area contributed by atoms with Crippen LogP contribution in [0.15, 0.2) is 36.5 Å². The van der Waals surface area contributed by atoms with Gasteiger partial charge in [-0.2, -0.15) is 0 Å². The van der Waals surface area contributed by atoms with Gasteiger partial charge in [-0.15, -0.1) is 0 Å². The molecule has 0 aliphatic heterocycles. The molecule has 0 saturated heterocycles. The molecule has 9 heteroatoms. The maximum Gasteiger partial charge on any atom is 0.309 e. The largest absolute Gasteiger partial charge is 0.493 e. The summed E-state index contributed by atoms with van der Waals surface area (Å²) in [4.78, 5) is 41.1. The molecule has 0 fully saturated rings. The van der Waals surface area contributed by atoms with Crippen LogP contribution in [0, 0.1) is 11.8 Å². The molecule has 2 rings (SSSR count). The van der Waals surface area contributed by atoms with Crippen molar-refractivity contribution in [3.8, 4) is 17.2 Å². The molecule has 0 saturated carbocycles. The molecule has 1 heterocycles. The molecule has 0 aliphatic carbocycles. The van der Waals surface area contributed by atoms with Crippen LogP contribution in [0.25, 0.3) is 0 Å². The first kappa shape index (κ1) is 27.1. The fourth-order valence-electron chi connectivity index (χ4n) is 3.30. The zero-order valence-corrected chi connectivity index (χ0v) is 20.9. The highest BCUT2D eigenvalue weighted by atomic mass is 35.5. The number of hydrogen-bond donors (Lipinski definition) is 0. The van der Waals surface area contributed by atoms with Crippen LogP contribution in [0.5, 0.6) is 17.2 Å². The van der Waals surface area contributed by atoms with E-state index in [9.17, 15) is 14.4 Å². The minimum absolute atomic E-state index is 0.0442. The van der Waals surface area contributed by atoms with E-state index in [1.54, 1.807) is 38.1 Å². The predicted octanol–water partition coefficient (Wildman–Crippen LogP) is 4.91. The number of halogens is 1. The standard InChI is InChI=1S/C25H30ClNO7/c1-14(2)23(34-19-9-7-18(26)8-10-19)16(4)32-25(30)15(3)13-20(29)22-24(33-17(5)28)21(31-6)11-12-27-22/h7-12,14-16,23H,13H2,1-6H3/t15-,16+,23-/m1/s1. The molecule has 0 amide bonds. The van der Waals surface area contributed by atoms with Gasteiger partial charge in [-0.05, 0) is 37.1 Å². The van der Waals surface area contributed by atoms with E-state index < -0.39 is 35.8 Å². The summed E-state index contributed by atoms with van der Waals surface area (Å²) in [5, 5.41) is 0.591. The number of ketones is 1. The van der Waals surface area contributed by atoms with E-state index >= 15 is 0 Å². The van der Waals surface area contributed by atoms with Gasteiger partial charge in [0.2, 0.25) is 5.75 Å². The van der Waals surface area contributed by atoms with Gasteiger partial charge in [-0.1, -0.05) is 32.4 Å². The van der Waals surface area contributed by atoms with Crippen LogP contribution in [0.4, 0.5) is 0 Å². The van der Waals surface area contributed by atoms with Crippen LogP contribution in [0.2, 0.25) is 5.02 Å². The summed E-state index contributed by atoms with van der Waals surface area (Å²) in [5.74, 6) is -1.66. The van der Waals surface area contributed by atoms with Crippen molar-refractivity contribution in [1.82, 2.24) is 4.98 Å². The van der Waals surface area contributed by atoms with Gasteiger partial charge in [0, 0.05) is 30.6 Å². The third-order valence-electron chi connectivity index (χ3n) is 5.00. The number of rotatable bonds is 11. The molecule has 8 nitrogen and oxygen atoms in total. The maximum absolute atomic E-state index is 12.9. The predicted molar refractivity (Wildman–Crippen MR) is 126 cm³/mol. The quantitative estimate of drug-likeness (QED) is 0.322. The second kappa shape index (κ2) is 12.4. The molecule has 1 aromatic carbocycles. The fraction of sp³-hybridized carbons (Fsp3) is 0.440. The number of esters is 2. The van der Waals surface area contributed by atoms with E-state index in [0.717, 1.165) is 0 Å². The fourth-order valence-corrected chi connectivity index (χ4v) is 3.43. The monoisotopic (exact) mass is 491 g/mol. The maximum atomic E-state index is 12.9. The number of ether oxygens (including phenoxy) is 4. The van der Waals surface area contributed by atoms with Crippen molar-refractivity contribution >= 4 is 29.3 Å². The van der Waals surface area contributed by atoms with Crippen LogP contribution in [-0.4, -0.2) is 42.0 Å². The number of benzene rings is 1. The van der Waals surface area contributed by atoms with E-state index in [2.05, 4.69) is 4.98 Å². The molecule has 184 valence electrons. The van der Waals surface area contributed by atoms with Gasteiger partial charge in [-0.3, -0.25) is 14.4 Å². The number of carbonyl (C=O) groups excluding carboxylic acids is 3. The third kappa shape index (κ3) is 7.45. The van der Waals surface area contributed by atoms with E-state index in [-0.39, 0.29) is 29.5 Å². The van der Waals surface area contributed by atoms with Gasteiger partial charge < -0.3 is 18.9 Å². The minimum atomic E-state index is -0.767. The van der Waals surface area contributed by atoms with Crippen LogP contribution in [0.1, 0.15) is 51.5 Å². The Bertz CT molecular complexity index is 1010. The molecular weight excluding hydrogens is 462 g/mol. The molecule has 0 aliphatic rings. The molecule has 0 N–H and O–H groups in total. The lowest BCUT2D eigenvalue weighted by Gasteiger charge is -2.29. The van der Waals surface area contributed by atoms with Crippen molar-refractivity contribution in [3.63, 3.8) is 0 Å². The first-order chi connectivity index (χ1) is 16.0. The Labute approximate surface area is 204 Å². The number of hydrogen-bond acceptors (Lipinski definition) is 8. The molecule has 0 radical (unpaired) electrons. The molecule has 2 aromatic rings. The number of aromatic nitrogens is 1. The lowest BCUT2D eigenvalue weighted by Crippen LogP contribution is -2.38. The highest BCUT2D eigenvalue weighted by Gasteiger charge is 2.30. The Morgan fingerprint density at radius 1 is 1.03 bits per heavy atom. The Morgan fingerprint density at radius 2 is 1.68 bits per heavy atom. The molecule has 0 unspecified atom stereocenters. The molecule has 3 atom stereocenters. The van der Waals surface area contributed by atoms with E-state index in [0.29, 0.717) is 10.8 Å². The van der Waals surface area contributed by atoms with Crippen LogP contribution in [-0.2, 0) is 14.3 Å². The summed E-state index contributed by atoms with van der Waals surface area (Å²) in [6.07, 6.45) is 0.187. The van der Waals surface area contributed by atoms with Crippen molar-refractivity contribution in [1.29, 1.82) is 0 Å². The average molecular weight is 492 g/mol. The average Bonchev–Trinajstić information content (AvgIpc) is 2.77. The van der Waals surface area contributed by atoms with Gasteiger partial charge >= 0.3 is 11.9 Å². The van der Waals surface area contributed by atoms with Crippen molar-refractivity contribution in [3.05, 3.63) is 47.2 Å². The Morgan fingerprint density at radius 3 is 2.24 bits per heavy atom. The van der Waals surface area contributed by atoms with E-state index in [4.69, 9.17) is 30.5 Å². The Hall–Kier alpha value is -3.13. The summed E-state index contributed by atoms with van der Waals surface area (Å²) in [6, 6.07) is 8.40. The third-order valence-corrected chi connectivity index (χ3v) is 5.25.